The van der Waals surface area contributed by atoms with Crippen LogP contribution in [0.1, 0.15) is 30.4 Å². The number of hydrogen-bond acceptors (Lipinski definition) is 6. The van der Waals surface area contributed by atoms with Crippen LogP contribution in [-0.4, -0.2) is 76.5 Å². The van der Waals surface area contributed by atoms with E-state index < -0.39 is 35.9 Å². The first kappa shape index (κ1) is 30.1. The first-order valence-electron chi connectivity index (χ1n) is 13.8. The van der Waals surface area contributed by atoms with Crippen LogP contribution in [0.15, 0.2) is 60.8 Å². The van der Waals surface area contributed by atoms with Crippen LogP contribution < -0.4 is 21.3 Å². The van der Waals surface area contributed by atoms with E-state index in [4.69, 9.17) is 0 Å². The van der Waals surface area contributed by atoms with E-state index in [1.165, 1.54) is 11.8 Å². The topological polar surface area (TPSA) is 152 Å². The van der Waals surface area contributed by atoms with Crippen molar-refractivity contribution in [2.24, 2.45) is 0 Å². The molecule has 1 aliphatic heterocycles. The molecule has 218 valence electrons. The molecule has 1 aliphatic rings. The number of amides is 3. The second-order valence-electron chi connectivity index (χ2n) is 10.2. The molecule has 4 atom stereocenters. The number of H-pyrrole nitrogens is 1. The number of aliphatic carboxylic acids is 1. The van der Waals surface area contributed by atoms with Gasteiger partial charge in [0, 0.05) is 29.9 Å². The second kappa shape index (κ2) is 14.7. The molecule has 10 nitrogen and oxygen atoms in total. The van der Waals surface area contributed by atoms with Gasteiger partial charge in [-0.05, 0) is 55.0 Å². The van der Waals surface area contributed by atoms with Gasteiger partial charge in [0.1, 0.15) is 18.1 Å². The van der Waals surface area contributed by atoms with E-state index in [0.717, 1.165) is 35.0 Å². The Balaban J connectivity index is 1.57. The minimum absolute atomic E-state index is 0.158. The van der Waals surface area contributed by atoms with Gasteiger partial charge >= 0.3 is 5.97 Å². The maximum Gasteiger partial charge on any atom is 0.326 e. The zero-order valence-corrected chi connectivity index (χ0v) is 23.8. The first-order valence-corrected chi connectivity index (χ1v) is 15.2. The molecule has 2 heterocycles. The zero-order valence-electron chi connectivity index (χ0n) is 23.0. The number of carbonyl (C=O) groups excluding carboxylic acids is 3. The highest BCUT2D eigenvalue weighted by atomic mass is 32.2. The van der Waals surface area contributed by atoms with Gasteiger partial charge in [-0.25, -0.2) is 4.79 Å². The number of hydrogen-bond donors (Lipinski definition) is 6. The molecule has 6 N–H and O–H groups in total. The lowest BCUT2D eigenvalue weighted by molar-refractivity contribution is -0.142. The van der Waals surface area contributed by atoms with E-state index in [1.807, 2.05) is 67.0 Å². The maximum atomic E-state index is 13.8. The number of rotatable bonds is 14. The lowest BCUT2D eigenvalue weighted by atomic mass is 10.0. The number of aromatic nitrogens is 1. The summed E-state index contributed by atoms with van der Waals surface area (Å²) in [4.78, 5) is 55.3. The number of benzene rings is 2. The molecule has 0 spiro atoms. The van der Waals surface area contributed by atoms with Crippen molar-refractivity contribution in [2.75, 3.05) is 18.6 Å². The second-order valence-corrected chi connectivity index (χ2v) is 11.2. The molecular weight excluding hydrogens is 542 g/mol. The van der Waals surface area contributed by atoms with Crippen molar-refractivity contribution < 1.29 is 24.3 Å². The fourth-order valence-electron chi connectivity index (χ4n) is 5.01. The molecule has 0 saturated carbocycles. The van der Waals surface area contributed by atoms with Crippen LogP contribution in [0.25, 0.3) is 10.9 Å². The minimum Gasteiger partial charge on any atom is -0.480 e. The highest BCUT2D eigenvalue weighted by molar-refractivity contribution is 7.98. The number of fused-ring (bicyclic) bond motifs is 1. The number of carbonyl (C=O) groups is 4. The van der Waals surface area contributed by atoms with Crippen molar-refractivity contribution in [3.8, 4) is 0 Å². The normalized spacial score (nSPS) is 17.0. The van der Waals surface area contributed by atoms with Crippen molar-refractivity contribution in [3.05, 3.63) is 71.9 Å². The van der Waals surface area contributed by atoms with E-state index in [-0.39, 0.29) is 31.2 Å². The van der Waals surface area contributed by atoms with Gasteiger partial charge in [0.15, 0.2) is 0 Å². The molecule has 4 rings (SSSR count). The average Bonchev–Trinajstić information content (AvgIpc) is 3.66. The molecule has 41 heavy (non-hydrogen) atoms. The van der Waals surface area contributed by atoms with Crippen LogP contribution in [0.4, 0.5) is 0 Å². The molecule has 0 aliphatic carbocycles. The molecule has 1 saturated heterocycles. The summed E-state index contributed by atoms with van der Waals surface area (Å²) in [6.45, 7) is 0.734. The summed E-state index contributed by atoms with van der Waals surface area (Å²) in [6.07, 6.45) is 5.86. The van der Waals surface area contributed by atoms with Gasteiger partial charge in [-0.15, -0.1) is 0 Å². The molecular formula is C30H37N5O5S. The third kappa shape index (κ3) is 8.34. The van der Waals surface area contributed by atoms with Gasteiger partial charge in [0.05, 0.1) is 6.04 Å². The van der Waals surface area contributed by atoms with Crippen molar-refractivity contribution in [1.82, 2.24) is 26.3 Å². The van der Waals surface area contributed by atoms with E-state index in [0.29, 0.717) is 12.2 Å². The zero-order chi connectivity index (χ0) is 29.2. The molecule has 0 bridgehead atoms. The Morgan fingerprint density at radius 2 is 1.61 bits per heavy atom. The van der Waals surface area contributed by atoms with Gasteiger partial charge in [-0.3, -0.25) is 14.4 Å². The van der Waals surface area contributed by atoms with E-state index >= 15 is 0 Å². The highest BCUT2D eigenvalue weighted by Crippen LogP contribution is 2.20. The predicted octanol–water partition coefficient (Wildman–Crippen LogP) is 2.00. The Kier molecular flexibility index (Phi) is 10.8. The van der Waals surface area contributed by atoms with Crippen LogP contribution in [0.5, 0.6) is 0 Å². The smallest absolute Gasteiger partial charge is 0.326 e. The molecule has 1 fully saturated rings. The van der Waals surface area contributed by atoms with Crippen LogP contribution >= 0.6 is 11.8 Å². The molecule has 3 aromatic rings. The summed E-state index contributed by atoms with van der Waals surface area (Å²) in [5.74, 6) is -1.96. The highest BCUT2D eigenvalue weighted by Gasteiger charge is 2.32. The van der Waals surface area contributed by atoms with Crippen LogP contribution in [0.2, 0.25) is 0 Å². The number of carboxylic acids is 1. The Hall–Kier alpha value is -3.83. The third-order valence-corrected chi connectivity index (χ3v) is 7.89. The number of nitrogens with one attached hydrogen (secondary N) is 5. The number of para-hydroxylation sites is 1. The summed E-state index contributed by atoms with van der Waals surface area (Å²) in [5, 5.41) is 22.1. The molecule has 11 heteroatoms. The predicted molar refractivity (Wildman–Crippen MR) is 160 cm³/mol. The van der Waals surface area contributed by atoms with E-state index in [1.54, 1.807) is 0 Å². The standard InChI is InChI=1S/C30H37N5O5S/c1-41-15-13-24(30(39)40)33-28(37)25(16-19-8-3-2-4-9-19)34-29(38)26(35-27(36)23-12-7-14-31-23)17-20-18-32-22-11-6-5-10-21(20)22/h2-6,8-11,18,23-26,31-32H,7,12-17H2,1H3,(H,33,37)(H,34,38)(H,35,36)(H,39,40). The van der Waals surface area contributed by atoms with Crippen molar-refractivity contribution in [1.29, 1.82) is 0 Å². The molecule has 4 unspecified atom stereocenters. The number of carboxylic acid groups (broad SMARTS) is 1. The third-order valence-electron chi connectivity index (χ3n) is 7.25. The first-order chi connectivity index (χ1) is 19.9. The van der Waals surface area contributed by atoms with Gasteiger partial charge in [0.25, 0.3) is 0 Å². The Morgan fingerprint density at radius 1 is 0.927 bits per heavy atom. The van der Waals surface area contributed by atoms with Gasteiger partial charge in [0.2, 0.25) is 17.7 Å². The summed E-state index contributed by atoms with van der Waals surface area (Å²) in [5.41, 5.74) is 2.57. The van der Waals surface area contributed by atoms with Crippen molar-refractivity contribution >= 4 is 46.4 Å². The SMILES string of the molecule is CSCCC(NC(=O)C(Cc1ccccc1)NC(=O)C(Cc1c[nH]c2ccccc12)NC(=O)C1CCCN1)C(=O)O. The lowest BCUT2D eigenvalue weighted by Gasteiger charge is -2.25. The number of thioether (sulfide) groups is 1. The summed E-state index contributed by atoms with van der Waals surface area (Å²) in [7, 11) is 0. The monoisotopic (exact) mass is 579 g/mol. The largest absolute Gasteiger partial charge is 0.480 e. The van der Waals surface area contributed by atoms with Crippen LogP contribution in [0, 0.1) is 0 Å². The van der Waals surface area contributed by atoms with Gasteiger partial charge in [-0.1, -0.05) is 48.5 Å². The summed E-state index contributed by atoms with van der Waals surface area (Å²) < 4.78 is 0. The number of aromatic amines is 1. The van der Waals surface area contributed by atoms with E-state index in [9.17, 15) is 24.3 Å². The van der Waals surface area contributed by atoms with E-state index in [2.05, 4.69) is 26.3 Å². The van der Waals surface area contributed by atoms with Gasteiger partial charge < -0.3 is 31.4 Å². The minimum atomic E-state index is -1.13. The fraction of sp³-hybridized carbons (Fsp3) is 0.400. The summed E-state index contributed by atoms with van der Waals surface area (Å²) >= 11 is 1.49. The van der Waals surface area contributed by atoms with Crippen LogP contribution in [0.3, 0.4) is 0 Å². The molecule has 3 amide bonds. The Morgan fingerprint density at radius 3 is 2.29 bits per heavy atom. The van der Waals surface area contributed by atoms with Crippen LogP contribution in [-0.2, 0) is 32.0 Å². The summed E-state index contributed by atoms with van der Waals surface area (Å²) in [6, 6.07) is 13.4. The molecule has 2 aromatic carbocycles. The average molecular weight is 580 g/mol. The molecule has 1 aromatic heterocycles. The fourth-order valence-corrected chi connectivity index (χ4v) is 5.48. The quantitative estimate of drug-likeness (QED) is 0.171. The maximum absolute atomic E-state index is 13.8. The molecule has 0 radical (unpaired) electrons. The van der Waals surface area contributed by atoms with Gasteiger partial charge in [-0.2, -0.15) is 11.8 Å². The Bertz CT molecular complexity index is 1340. The van der Waals surface area contributed by atoms with Crippen molar-refractivity contribution in [2.45, 2.75) is 56.3 Å². The van der Waals surface area contributed by atoms with Crippen molar-refractivity contribution in [3.63, 3.8) is 0 Å². The Labute approximate surface area is 243 Å². The lowest BCUT2D eigenvalue weighted by Crippen LogP contribution is -2.58.